The van der Waals surface area contributed by atoms with Crippen LogP contribution in [-0.4, -0.2) is 25.8 Å². The molecule has 3 nitrogen and oxygen atoms in total. The number of methoxy groups -OCH3 is 1. The molecular weight excluding hydrogens is 228 g/mol. The molecule has 0 N–H and O–H groups in total. The van der Waals surface area contributed by atoms with Gasteiger partial charge in [-0.2, -0.15) is 0 Å². The zero-order valence-corrected chi connectivity index (χ0v) is 10.8. The second-order valence-electron chi connectivity index (χ2n) is 4.42. The first-order valence-electron chi connectivity index (χ1n) is 6.17. The van der Waals surface area contributed by atoms with Crippen LogP contribution in [0, 0.1) is 5.41 Å². The fourth-order valence-electron chi connectivity index (χ4n) is 2.11. The van der Waals surface area contributed by atoms with Gasteiger partial charge in [-0.25, -0.2) is 0 Å². The summed E-state index contributed by atoms with van der Waals surface area (Å²) in [4.78, 5) is 11.8. The van der Waals surface area contributed by atoms with Gasteiger partial charge in [0, 0.05) is 6.61 Å². The number of hydrogen-bond donors (Lipinski definition) is 0. The molecule has 0 saturated heterocycles. The Bertz CT molecular complexity index is 438. The highest BCUT2D eigenvalue weighted by atomic mass is 16.5. The predicted molar refractivity (Wildman–Crippen MR) is 70.0 cm³/mol. The summed E-state index contributed by atoms with van der Waals surface area (Å²) in [5.41, 5.74) is 0.489. The van der Waals surface area contributed by atoms with Crippen molar-refractivity contribution in [3.63, 3.8) is 0 Å². The first-order valence-corrected chi connectivity index (χ1v) is 6.17. The molecule has 0 radical (unpaired) electrons. The van der Waals surface area contributed by atoms with Crippen LogP contribution < -0.4 is 0 Å². The largest absolute Gasteiger partial charge is 0.468 e. The van der Waals surface area contributed by atoms with Crippen LogP contribution >= 0.6 is 0 Å². The zero-order valence-electron chi connectivity index (χ0n) is 10.8. The molecule has 2 rings (SSSR count). The maximum atomic E-state index is 11.8. The van der Waals surface area contributed by atoms with Crippen LogP contribution in [0.25, 0.3) is 6.08 Å². The molecule has 96 valence electrons. The minimum Gasteiger partial charge on any atom is -0.468 e. The minimum absolute atomic E-state index is 0.0464. The molecule has 0 aromatic heterocycles. The summed E-state index contributed by atoms with van der Waals surface area (Å²) in [6.45, 7) is 2.55. The van der Waals surface area contributed by atoms with Crippen molar-refractivity contribution in [3.8, 4) is 0 Å². The Morgan fingerprint density at radius 1 is 1.44 bits per heavy atom. The maximum Gasteiger partial charge on any atom is 0.318 e. The lowest BCUT2D eigenvalue weighted by Gasteiger charge is -2.10. The van der Waals surface area contributed by atoms with Crippen LogP contribution in [0.2, 0.25) is 0 Å². The molecule has 0 spiro atoms. The lowest BCUT2D eigenvalue weighted by atomic mass is 10.0. The van der Waals surface area contributed by atoms with Crippen molar-refractivity contribution in [2.75, 3.05) is 13.7 Å². The van der Waals surface area contributed by atoms with E-state index in [0.717, 1.165) is 5.56 Å². The molecule has 2 atom stereocenters. The van der Waals surface area contributed by atoms with E-state index in [1.165, 1.54) is 7.11 Å². The average molecular weight is 246 g/mol. The Labute approximate surface area is 107 Å². The molecule has 1 aromatic rings. The van der Waals surface area contributed by atoms with Gasteiger partial charge in [-0.3, -0.25) is 4.79 Å². The molecule has 1 aromatic carbocycles. The number of ether oxygens (including phenoxy) is 2. The van der Waals surface area contributed by atoms with E-state index < -0.39 is 5.41 Å². The normalized spacial score (nSPS) is 26.2. The van der Waals surface area contributed by atoms with Crippen molar-refractivity contribution in [2.45, 2.75) is 19.4 Å². The molecule has 0 bridgehead atoms. The van der Waals surface area contributed by atoms with Crippen molar-refractivity contribution >= 4 is 12.0 Å². The number of carbonyl (C=O) groups excluding carboxylic acids is 1. The third-order valence-corrected chi connectivity index (χ3v) is 3.24. The van der Waals surface area contributed by atoms with Crippen molar-refractivity contribution in [1.82, 2.24) is 0 Å². The quantitative estimate of drug-likeness (QED) is 0.749. The van der Waals surface area contributed by atoms with Crippen LogP contribution in [0.15, 0.2) is 36.4 Å². The summed E-state index contributed by atoms with van der Waals surface area (Å²) in [7, 11) is 1.42. The fraction of sp³-hybridized carbons (Fsp3) is 0.400. The summed E-state index contributed by atoms with van der Waals surface area (Å²) in [6, 6.07) is 9.90. The summed E-state index contributed by atoms with van der Waals surface area (Å²) in [6.07, 6.45) is 4.52. The van der Waals surface area contributed by atoms with Crippen LogP contribution in [0.4, 0.5) is 0 Å². The van der Waals surface area contributed by atoms with Gasteiger partial charge in [0.05, 0.1) is 13.2 Å². The van der Waals surface area contributed by atoms with Crippen molar-refractivity contribution < 1.29 is 14.3 Å². The maximum absolute atomic E-state index is 11.8. The van der Waals surface area contributed by atoms with Crippen molar-refractivity contribution in [1.29, 1.82) is 0 Å². The molecule has 1 aliphatic rings. The van der Waals surface area contributed by atoms with Crippen LogP contribution in [0.1, 0.15) is 18.9 Å². The van der Waals surface area contributed by atoms with Crippen LogP contribution in [0.3, 0.4) is 0 Å². The highest BCUT2D eigenvalue weighted by Crippen LogP contribution is 2.51. The lowest BCUT2D eigenvalue weighted by molar-refractivity contribution is -0.146. The molecule has 0 amide bonds. The van der Waals surface area contributed by atoms with Gasteiger partial charge in [-0.1, -0.05) is 42.5 Å². The van der Waals surface area contributed by atoms with E-state index in [0.29, 0.717) is 13.0 Å². The highest BCUT2D eigenvalue weighted by Gasteiger charge is 2.60. The number of hydrogen-bond acceptors (Lipinski definition) is 3. The third-order valence-electron chi connectivity index (χ3n) is 3.24. The summed E-state index contributed by atoms with van der Waals surface area (Å²) in [5.74, 6) is -0.215. The highest BCUT2D eigenvalue weighted by molar-refractivity contribution is 5.85. The Morgan fingerprint density at radius 3 is 2.78 bits per heavy atom. The van der Waals surface area contributed by atoms with Gasteiger partial charge in [-0.15, -0.1) is 0 Å². The number of esters is 1. The topological polar surface area (TPSA) is 35.5 Å². The molecular formula is C15H18O3. The Balaban J connectivity index is 2.13. The molecule has 1 aliphatic carbocycles. The molecule has 1 fully saturated rings. The number of rotatable bonds is 5. The van der Waals surface area contributed by atoms with E-state index in [-0.39, 0.29) is 12.1 Å². The van der Waals surface area contributed by atoms with Gasteiger partial charge in [0.25, 0.3) is 0 Å². The van der Waals surface area contributed by atoms with E-state index in [2.05, 4.69) is 0 Å². The first kappa shape index (κ1) is 12.8. The third kappa shape index (κ3) is 2.46. The van der Waals surface area contributed by atoms with Crippen molar-refractivity contribution in [3.05, 3.63) is 42.0 Å². The van der Waals surface area contributed by atoms with E-state index in [1.54, 1.807) is 0 Å². The van der Waals surface area contributed by atoms with Gasteiger partial charge in [0.15, 0.2) is 0 Å². The van der Waals surface area contributed by atoms with E-state index in [4.69, 9.17) is 9.47 Å². The van der Waals surface area contributed by atoms with Gasteiger partial charge < -0.3 is 9.47 Å². The second-order valence-corrected chi connectivity index (χ2v) is 4.42. The van der Waals surface area contributed by atoms with Crippen LogP contribution in [0.5, 0.6) is 0 Å². The Hall–Kier alpha value is -1.61. The summed E-state index contributed by atoms with van der Waals surface area (Å²) in [5, 5.41) is 0. The molecule has 1 saturated carbocycles. The van der Waals surface area contributed by atoms with Crippen molar-refractivity contribution in [2.24, 2.45) is 5.41 Å². The van der Waals surface area contributed by atoms with E-state index in [9.17, 15) is 4.79 Å². The number of benzene rings is 1. The van der Waals surface area contributed by atoms with E-state index >= 15 is 0 Å². The van der Waals surface area contributed by atoms with Gasteiger partial charge in [-0.05, 0) is 18.9 Å². The molecule has 0 aliphatic heterocycles. The minimum atomic E-state index is -0.583. The van der Waals surface area contributed by atoms with E-state index in [1.807, 2.05) is 49.4 Å². The Kier molecular flexibility index (Phi) is 3.82. The summed E-state index contributed by atoms with van der Waals surface area (Å²) < 4.78 is 10.4. The van der Waals surface area contributed by atoms with Gasteiger partial charge in [0.1, 0.15) is 5.41 Å². The molecule has 3 heteroatoms. The SMILES string of the molecule is CCO[C@@H]1C[C@@]1(/C=C/c1ccccc1)C(=O)OC. The predicted octanol–water partition coefficient (Wildman–Crippen LogP) is 2.67. The standard InChI is InChI=1S/C15H18O3/c1-3-18-13-11-15(13,14(16)17-2)10-9-12-7-5-4-6-8-12/h4-10,13H,3,11H2,1-2H3/b10-9+/t13-,15-/m1/s1. The number of carbonyl (C=O) groups is 1. The first-order chi connectivity index (χ1) is 8.73. The molecule has 18 heavy (non-hydrogen) atoms. The molecule has 0 heterocycles. The Morgan fingerprint density at radius 2 is 2.17 bits per heavy atom. The smallest absolute Gasteiger partial charge is 0.318 e. The van der Waals surface area contributed by atoms with Crippen LogP contribution in [-0.2, 0) is 14.3 Å². The fourth-order valence-corrected chi connectivity index (χ4v) is 2.11. The van der Waals surface area contributed by atoms with Gasteiger partial charge >= 0.3 is 5.97 Å². The lowest BCUT2D eigenvalue weighted by Crippen LogP contribution is -2.20. The monoisotopic (exact) mass is 246 g/mol. The van der Waals surface area contributed by atoms with Gasteiger partial charge in [0.2, 0.25) is 0 Å². The average Bonchev–Trinajstić information content (AvgIpc) is 3.12. The molecule has 0 unspecified atom stereocenters. The second kappa shape index (κ2) is 5.36. The zero-order chi connectivity index (χ0) is 13.0. The summed E-state index contributed by atoms with van der Waals surface area (Å²) >= 11 is 0.